The molecule has 1 aromatic carbocycles. The molecule has 0 aliphatic rings. The maximum Gasteiger partial charge on any atom is 0.226 e. The lowest BCUT2D eigenvalue weighted by atomic mass is 10.1. The van der Waals surface area contributed by atoms with Crippen molar-refractivity contribution in [1.29, 1.82) is 0 Å². The molecular weight excluding hydrogens is 292 g/mol. The molecule has 5 heteroatoms. The lowest BCUT2D eigenvalue weighted by molar-refractivity contribution is -0.116. The van der Waals surface area contributed by atoms with Gasteiger partial charge in [0.05, 0.1) is 5.69 Å². The zero-order chi connectivity index (χ0) is 14.5. The van der Waals surface area contributed by atoms with E-state index in [0.29, 0.717) is 11.6 Å². The summed E-state index contributed by atoms with van der Waals surface area (Å²) < 4.78 is 0. The van der Waals surface area contributed by atoms with Crippen LogP contribution in [0.5, 0.6) is 0 Å². The summed E-state index contributed by atoms with van der Waals surface area (Å²) in [5.74, 6) is 0.0237. The number of hydrogen-bond acceptors (Lipinski definition) is 3. The summed E-state index contributed by atoms with van der Waals surface area (Å²) in [5, 5.41) is 4.26. The monoisotopic (exact) mass is 308 g/mol. The minimum absolute atomic E-state index is 0.0237. The second-order valence-electron chi connectivity index (χ2n) is 4.63. The van der Waals surface area contributed by atoms with Crippen LogP contribution < -0.4 is 5.32 Å². The lowest BCUT2D eigenvalue weighted by Crippen LogP contribution is -2.10. The molecule has 1 aromatic heterocycles. The van der Waals surface area contributed by atoms with Gasteiger partial charge in [0.25, 0.3) is 0 Å². The zero-order valence-electron chi connectivity index (χ0n) is 11.6. The molecule has 106 valence electrons. The predicted octanol–water partition coefficient (Wildman–Crippen LogP) is 4.43. The zero-order valence-corrected chi connectivity index (χ0v) is 13.1. The molecule has 0 bridgehead atoms. The number of nitrogens with one attached hydrogen (secondary N) is 1. The fraction of sp³-hybridized carbons (Fsp3) is 0.333. The van der Waals surface area contributed by atoms with Crippen LogP contribution in [-0.4, -0.2) is 10.9 Å². The van der Waals surface area contributed by atoms with E-state index in [9.17, 15) is 4.79 Å². The number of anilines is 1. The van der Waals surface area contributed by atoms with E-state index in [-0.39, 0.29) is 5.91 Å². The van der Waals surface area contributed by atoms with Gasteiger partial charge in [0.15, 0.2) is 5.13 Å². The minimum atomic E-state index is 0.0237. The van der Waals surface area contributed by atoms with E-state index in [2.05, 4.69) is 10.3 Å². The number of aryl methyl sites for hydroxylation is 1. The SMILES string of the molecule is CCCC(=O)Nc1nc(C)c(Cc2cccc(Cl)c2)s1. The van der Waals surface area contributed by atoms with Crippen molar-refractivity contribution in [3.8, 4) is 0 Å². The normalized spacial score (nSPS) is 10.6. The number of carbonyl (C=O) groups excluding carboxylic acids is 1. The first-order valence-electron chi connectivity index (χ1n) is 6.59. The highest BCUT2D eigenvalue weighted by molar-refractivity contribution is 7.15. The molecule has 0 spiro atoms. The van der Waals surface area contributed by atoms with Crippen LogP contribution in [0.15, 0.2) is 24.3 Å². The van der Waals surface area contributed by atoms with Crippen LogP contribution in [-0.2, 0) is 11.2 Å². The number of thiazole rings is 1. The van der Waals surface area contributed by atoms with Crippen molar-refractivity contribution in [2.45, 2.75) is 33.1 Å². The number of halogens is 1. The van der Waals surface area contributed by atoms with Gasteiger partial charge >= 0.3 is 0 Å². The minimum Gasteiger partial charge on any atom is -0.302 e. The first-order chi connectivity index (χ1) is 9.58. The van der Waals surface area contributed by atoms with E-state index in [1.165, 1.54) is 11.3 Å². The molecule has 2 aromatic rings. The van der Waals surface area contributed by atoms with Crippen LogP contribution in [0.3, 0.4) is 0 Å². The fourth-order valence-electron chi connectivity index (χ4n) is 1.89. The van der Waals surface area contributed by atoms with Crippen molar-refractivity contribution in [2.75, 3.05) is 5.32 Å². The summed E-state index contributed by atoms with van der Waals surface area (Å²) in [6.45, 7) is 3.95. The number of rotatable bonds is 5. The summed E-state index contributed by atoms with van der Waals surface area (Å²) in [5.41, 5.74) is 2.11. The van der Waals surface area contributed by atoms with Gasteiger partial charge in [0.2, 0.25) is 5.91 Å². The Kier molecular flexibility index (Phi) is 5.15. The molecule has 1 amide bonds. The molecule has 2 rings (SSSR count). The molecule has 0 aliphatic carbocycles. The van der Waals surface area contributed by atoms with Crippen molar-refractivity contribution < 1.29 is 4.79 Å². The van der Waals surface area contributed by atoms with E-state index in [1.54, 1.807) is 0 Å². The van der Waals surface area contributed by atoms with Crippen molar-refractivity contribution >= 4 is 34.0 Å². The number of nitrogens with zero attached hydrogens (tertiary/aromatic N) is 1. The average Bonchev–Trinajstić information content (AvgIpc) is 2.69. The molecule has 0 radical (unpaired) electrons. The smallest absolute Gasteiger partial charge is 0.226 e. The lowest BCUT2D eigenvalue weighted by Gasteiger charge is -2.00. The third-order valence-electron chi connectivity index (χ3n) is 2.87. The first kappa shape index (κ1) is 15.0. The van der Waals surface area contributed by atoms with Crippen molar-refractivity contribution in [3.05, 3.63) is 45.4 Å². The molecule has 0 fully saturated rings. The number of amides is 1. The van der Waals surface area contributed by atoms with Gasteiger partial charge < -0.3 is 5.32 Å². The standard InChI is InChI=1S/C15H17ClN2OS/c1-3-5-14(19)18-15-17-10(2)13(20-15)9-11-6-4-7-12(16)8-11/h4,6-8H,3,5,9H2,1-2H3,(H,17,18,19). The molecule has 1 heterocycles. The van der Waals surface area contributed by atoms with Crippen molar-refractivity contribution in [2.24, 2.45) is 0 Å². The number of hydrogen-bond donors (Lipinski definition) is 1. The van der Waals surface area contributed by atoms with Crippen molar-refractivity contribution in [3.63, 3.8) is 0 Å². The summed E-state index contributed by atoms with van der Waals surface area (Å²) in [7, 11) is 0. The second-order valence-corrected chi connectivity index (χ2v) is 6.15. The van der Waals surface area contributed by atoms with E-state index in [0.717, 1.165) is 34.0 Å². The van der Waals surface area contributed by atoms with Crippen molar-refractivity contribution in [1.82, 2.24) is 4.98 Å². The largest absolute Gasteiger partial charge is 0.302 e. The number of carbonyl (C=O) groups is 1. The van der Waals surface area contributed by atoms with E-state index in [1.807, 2.05) is 38.1 Å². The van der Waals surface area contributed by atoms with Gasteiger partial charge in [0, 0.05) is 22.7 Å². The Balaban J connectivity index is 2.09. The maximum absolute atomic E-state index is 11.6. The van der Waals surface area contributed by atoms with Crippen LogP contribution in [0.25, 0.3) is 0 Å². The summed E-state index contributed by atoms with van der Waals surface area (Å²) >= 11 is 7.52. The second kappa shape index (κ2) is 6.86. The van der Waals surface area contributed by atoms with Crippen LogP contribution in [0.4, 0.5) is 5.13 Å². The van der Waals surface area contributed by atoms with Gasteiger partial charge in [-0.3, -0.25) is 4.79 Å². The Hall–Kier alpha value is -1.39. The van der Waals surface area contributed by atoms with E-state index in [4.69, 9.17) is 11.6 Å². The predicted molar refractivity (Wildman–Crippen MR) is 84.6 cm³/mol. The molecular formula is C15H17ClN2OS. The summed E-state index contributed by atoms with van der Waals surface area (Å²) in [4.78, 5) is 17.1. The molecule has 0 aliphatic heterocycles. The molecule has 3 nitrogen and oxygen atoms in total. The first-order valence-corrected chi connectivity index (χ1v) is 7.78. The van der Waals surface area contributed by atoms with Gasteiger partial charge in [-0.15, -0.1) is 11.3 Å². The molecule has 0 atom stereocenters. The van der Waals surface area contributed by atoms with Crippen LogP contribution in [0.1, 0.15) is 35.9 Å². The maximum atomic E-state index is 11.6. The number of benzene rings is 1. The van der Waals surface area contributed by atoms with Gasteiger partial charge in [0.1, 0.15) is 0 Å². The van der Waals surface area contributed by atoms with Gasteiger partial charge in [-0.25, -0.2) is 4.98 Å². The molecule has 0 saturated heterocycles. The molecule has 0 unspecified atom stereocenters. The summed E-state index contributed by atoms with van der Waals surface area (Å²) in [6, 6.07) is 7.80. The highest BCUT2D eigenvalue weighted by Gasteiger charge is 2.10. The van der Waals surface area contributed by atoms with Crippen LogP contribution in [0.2, 0.25) is 5.02 Å². The quantitative estimate of drug-likeness (QED) is 0.887. The molecule has 0 saturated carbocycles. The highest BCUT2D eigenvalue weighted by Crippen LogP contribution is 2.26. The third kappa shape index (κ3) is 4.05. The molecule has 1 N–H and O–H groups in total. The van der Waals surface area contributed by atoms with Crippen LogP contribution >= 0.6 is 22.9 Å². The van der Waals surface area contributed by atoms with Crippen LogP contribution in [0, 0.1) is 6.92 Å². The molecule has 20 heavy (non-hydrogen) atoms. The average molecular weight is 309 g/mol. The Labute approximate surface area is 128 Å². The highest BCUT2D eigenvalue weighted by atomic mass is 35.5. The third-order valence-corrected chi connectivity index (χ3v) is 4.18. The van der Waals surface area contributed by atoms with Gasteiger partial charge in [-0.05, 0) is 31.0 Å². The fourth-order valence-corrected chi connectivity index (χ4v) is 3.11. The Morgan fingerprint density at radius 1 is 1.45 bits per heavy atom. The Bertz CT molecular complexity index is 610. The van der Waals surface area contributed by atoms with E-state index < -0.39 is 0 Å². The number of aromatic nitrogens is 1. The Morgan fingerprint density at radius 3 is 2.95 bits per heavy atom. The Morgan fingerprint density at radius 2 is 2.25 bits per heavy atom. The van der Waals surface area contributed by atoms with Gasteiger partial charge in [-0.2, -0.15) is 0 Å². The summed E-state index contributed by atoms with van der Waals surface area (Å²) in [6.07, 6.45) is 2.15. The van der Waals surface area contributed by atoms with E-state index >= 15 is 0 Å². The topological polar surface area (TPSA) is 42.0 Å². The van der Waals surface area contributed by atoms with Gasteiger partial charge in [-0.1, -0.05) is 30.7 Å².